The van der Waals surface area contributed by atoms with Crippen molar-refractivity contribution in [3.05, 3.63) is 85.0 Å². The molecule has 0 heterocycles. The molecule has 0 aliphatic heterocycles. The third-order valence-electron chi connectivity index (χ3n) is 4.42. The van der Waals surface area contributed by atoms with Crippen LogP contribution in [0.1, 0.15) is 27.7 Å². The SMILES string of the molecule is C=C(C)C(=O)Oc1ccc(-c2ccc(OC(=O)C(=C)C)cc2OC(=O)C(=C)C)c(OC(=O)C(=C)C)c1. The van der Waals surface area contributed by atoms with E-state index in [1.807, 2.05) is 0 Å². The van der Waals surface area contributed by atoms with Crippen molar-refractivity contribution < 1.29 is 38.1 Å². The number of carbonyl (C=O) groups is 4. The van der Waals surface area contributed by atoms with E-state index in [0.29, 0.717) is 11.1 Å². The Morgan fingerprint density at radius 1 is 0.500 bits per heavy atom. The Labute approximate surface area is 209 Å². The van der Waals surface area contributed by atoms with Crippen LogP contribution in [0.5, 0.6) is 23.0 Å². The van der Waals surface area contributed by atoms with Gasteiger partial charge in [-0.3, -0.25) is 0 Å². The summed E-state index contributed by atoms with van der Waals surface area (Å²) < 4.78 is 21.4. The largest absolute Gasteiger partial charge is 0.423 e. The molecule has 0 aliphatic carbocycles. The van der Waals surface area contributed by atoms with E-state index in [-0.39, 0.29) is 45.3 Å². The molecule has 186 valence electrons. The van der Waals surface area contributed by atoms with Crippen molar-refractivity contribution in [2.24, 2.45) is 0 Å². The molecule has 0 spiro atoms. The Morgan fingerprint density at radius 3 is 1.06 bits per heavy atom. The molecule has 2 aromatic carbocycles. The van der Waals surface area contributed by atoms with Gasteiger partial charge >= 0.3 is 23.9 Å². The van der Waals surface area contributed by atoms with Gasteiger partial charge in [-0.25, -0.2) is 19.2 Å². The number of ether oxygens (including phenoxy) is 4. The molecule has 0 unspecified atom stereocenters. The zero-order chi connectivity index (χ0) is 27.2. The maximum absolute atomic E-state index is 12.3. The van der Waals surface area contributed by atoms with Crippen molar-refractivity contribution in [2.45, 2.75) is 27.7 Å². The molecule has 8 heteroatoms. The zero-order valence-corrected chi connectivity index (χ0v) is 20.6. The first-order valence-corrected chi connectivity index (χ1v) is 10.6. The summed E-state index contributed by atoms with van der Waals surface area (Å²) in [6.45, 7) is 20.1. The summed E-state index contributed by atoms with van der Waals surface area (Å²) in [7, 11) is 0. The number of benzene rings is 2. The van der Waals surface area contributed by atoms with Crippen LogP contribution in [0.4, 0.5) is 0 Å². The van der Waals surface area contributed by atoms with Crippen molar-refractivity contribution in [3.8, 4) is 34.1 Å². The topological polar surface area (TPSA) is 105 Å². The fraction of sp³-hybridized carbons (Fsp3) is 0.143. The smallest absolute Gasteiger partial charge is 0.338 e. The molecule has 2 rings (SSSR count). The van der Waals surface area contributed by atoms with Gasteiger partial charge in [-0.05, 0) is 52.0 Å². The lowest BCUT2D eigenvalue weighted by Gasteiger charge is -2.16. The van der Waals surface area contributed by atoms with Gasteiger partial charge in [0.25, 0.3) is 0 Å². The Morgan fingerprint density at radius 2 is 0.778 bits per heavy atom. The summed E-state index contributed by atoms with van der Waals surface area (Å²) in [4.78, 5) is 48.6. The average Bonchev–Trinajstić information content (AvgIpc) is 2.79. The standard InChI is InChI=1S/C28H26O8/c1-15(2)25(29)33-19-9-11-21(23(13-19)35-27(31)17(5)6)22-12-10-20(34-26(30)16(3)4)14-24(22)36-28(32)18(7)8/h9-14H,1,3,5,7H2,2,4,6,8H3. The van der Waals surface area contributed by atoms with Crippen LogP contribution in [-0.2, 0) is 19.2 Å². The fourth-order valence-electron chi connectivity index (χ4n) is 2.51. The Kier molecular flexibility index (Phi) is 8.88. The monoisotopic (exact) mass is 490 g/mol. The summed E-state index contributed by atoms with van der Waals surface area (Å²) in [5.41, 5.74) is 1.22. The molecule has 0 N–H and O–H groups in total. The van der Waals surface area contributed by atoms with E-state index in [4.69, 9.17) is 18.9 Å². The van der Waals surface area contributed by atoms with Crippen LogP contribution in [0, 0.1) is 0 Å². The van der Waals surface area contributed by atoms with Crippen LogP contribution in [0.2, 0.25) is 0 Å². The van der Waals surface area contributed by atoms with Crippen LogP contribution in [0.25, 0.3) is 11.1 Å². The zero-order valence-electron chi connectivity index (χ0n) is 20.6. The van der Waals surface area contributed by atoms with Crippen LogP contribution < -0.4 is 18.9 Å². The van der Waals surface area contributed by atoms with Gasteiger partial charge in [-0.1, -0.05) is 26.3 Å². The van der Waals surface area contributed by atoms with Crippen molar-refractivity contribution >= 4 is 23.9 Å². The molecule has 0 aliphatic rings. The second kappa shape index (κ2) is 11.6. The van der Waals surface area contributed by atoms with E-state index < -0.39 is 23.9 Å². The van der Waals surface area contributed by atoms with Crippen molar-refractivity contribution in [2.75, 3.05) is 0 Å². The molecule has 0 radical (unpaired) electrons. The van der Waals surface area contributed by atoms with Crippen LogP contribution in [0.3, 0.4) is 0 Å². The fourth-order valence-corrected chi connectivity index (χ4v) is 2.51. The second-order valence-electron chi connectivity index (χ2n) is 8.00. The third-order valence-corrected chi connectivity index (χ3v) is 4.42. The molecule has 0 atom stereocenters. The van der Waals surface area contributed by atoms with Gasteiger partial charge in [0.05, 0.1) is 0 Å². The van der Waals surface area contributed by atoms with E-state index in [1.165, 1.54) is 64.1 Å². The summed E-state index contributed by atoms with van der Waals surface area (Å²) in [6, 6.07) is 8.61. The second-order valence-corrected chi connectivity index (χ2v) is 8.00. The summed E-state index contributed by atoms with van der Waals surface area (Å²) in [6.07, 6.45) is 0. The van der Waals surface area contributed by atoms with Gasteiger partial charge in [-0.15, -0.1) is 0 Å². The highest BCUT2D eigenvalue weighted by molar-refractivity contribution is 5.94. The first kappa shape index (κ1) is 27.5. The minimum absolute atomic E-state index is 0.00526. The summed E-state index contributed by atoms with van der Waals surface area (Å²) >= 11 is 0. The molecule has 0 aromatic heterocycles. The normalized spacial score (nSPS) is 10.0. The van der Waals surface area contributed by atoms with Crippen molar-refractivity contribution in [3.63, 3.8) is 0 Å². The number of esters is 4. The molecule has 8 nitrogen and oxygen atoms in total. The van der Waals surface area contributed by atoms with Crippen molar-refractivity contribution in [1.82, 2.24) is 0 Å². The number of hydrogen-bond acceptors (Lipinski definition) is 8. The molecular weight excluding hydrogens is 464 g/mol. The van der Waals surface area contributed by atoms with Gasteiger partial charge in [0, 0.05) is 45.6 Å². The Hall–Kier alpha value is -4.72. The van der Waals surface area contributed by atoms with E-state index in [1.54, 1.807) is 0 Å². The van der Waals surface area contributed by atoms with Crippen LogP contribution >= 0.6 is 0 Å². The van der Waals surface area contributed by atoms with Crippen LogP contribution in [-0.4, -0.2) is 23.9 Å². The lowest BCUT2D eigenvalue weighted by molar-refractivity contribution is -0.131. The molecule has 0 amide bonds. The average molecular weight is 491 g/mol. The number of hydrogen-bond donors (Lipinski definition) is 0. The van der Waals surface area contributed by atoms with Crippen LogP contribution in [0.15, 0.2) is 85.0 Å². The Balaban J connectivity index is 2.67. The molecular formula is C28H26O8. The molecule has 0 fully saturated rings. The molecule has 36 heavy (non-hydrogen) atoms. The Bertz CT molecular complexity index is 1210. The number of rotatable bonds is 9. The predicted molar refractivity (Wildman–Crippen MR) is 134 cm³/mol. The number of carbonyl (C=O) groups excluding carboxylic acids is 4. The maximum atomic E-state index is 12.3. The highest BCUT2D eigenvalue weighted by atomic mass is 16.6. The van der Waals surface area contributed by atoms with E-state index in [9.17, 15) is 19.2 Å². The maximum Gasteiger partial charge on any atom is 0.338 e. The predicted octanol–water partition coefficient (Wildman–Crippen LogP) is 5.28. The minimum Gasteiger partial charge on any atom is -0.423 e. The highest BCUT2D eigenvalue weighted by Crippen LogP contribution is 2.41. The van der Waals surface area contributed by atoms with Gasteiger partial charge in [0.2, 0.25) is 0 Å². The first-order chi connectivity index (χ1) is 16.8. The summed E-state index contributed by atoms with van der Waals surface area (Å²) in [5.74, 6) is -2.63. The minimum atomic E-state index is -0.730. The van der Waals surface area contributed by atoms with Gasteiger partial charge in [-0.2, -0.15) is 0 Å². The van der Waals surface area contributed by atoms with Gasteiger partial charge in [0.1, 0.15) is 23.0 Å². The van der Waals surface area contributed by atoms with Gasteiger partial charge < -0.3 is 18.9 Å². The van der Waals surface area contributed by atoms with E-state index in [2.05, 4.69) is 26.3 Å². The molecule has 0 saturated heterocycles. The summed E-state index contributed by atoms with van der Waals surface area (Å²) in [5, 5.41) is 0. The van der Waals surface area contributed by atoms with Gasteiger partial charge in [0.15, 0.2) is 0 Å². The lowest BCUT2D eigenvalue weighted by atomic mass is 10.0. The van der Waals surface area contributed by atoms with E-state index >= 15 is 0 Å². The van der Waals surface area contributed by atoms with Crippen molar-refractivity contribution in [1.29, 1.82) is 0 Å². The molecule has 0 saturated carbocycles. The first-order valence-electron chi connectivity index (χ1n) is 10.6. The quantitative estimate of drug-likeness (QED) is 0.266. The lowest BCUT2D eigenvalue weighted by Crippen LogP contribution is -2.12. The highest BCUT2D eigenvalue weighted by Gasteiger charge is 2.20. The molecule has 0 bridgehead atoms. The molecule has 2 aromatic rings. The van der Waals surface area contributed by atoms with E-state index in [0.717, 1.165) is 0 Å². The third kappa shape index (κ3) is 7.14.